The van der Waals surface area contributed by atoms with Crippen molar-refractivity contribution in [1.82, 2.24) is 19.4 Å². The third kappa shape index (κ3) is 4.06. The number of ether oxygens (including phenoxy) is 1. The average molecular weight is 428 g/mol. The van der Waals surface area contributed by atoms with Gasteiger partial charge in [0.05, 0.1) is 5.39 Å². The monoisotopic (exact) mass is 427 g/mol. The summed E-state index contributed by atoms with van der Waals surface area (Å²) < 4.78 is 8.36. The number of nitrogens with two attached hydrogens (primary N) is 1. The number of nitrogen functional groups attached to an aromatic ring is 1. The van der Waals surface area contributed by atoms with E-state index < -0.39 is 0 Å². The second-order valence-corrected chi connectivity index (χ2v) is 8.96. The first-order valence-corrected chi connectivity index (χ1v) is 11.1. The minimum atomic E-state index is 0.447. The van der Waals surface area contributed by atoms with E-state index in [9.17, 15) is 0 Å². The summed E-state index contributed by atoms with van der Waals surface area (Å²) in [6, 6.07) is 18.8. The first-order chi connectivity index (χ1) is 15.6. The third-order valence-corrected chi connectivity index (χ3v) is 6.26. The van der Waals surface area contributed by atoms with Gasteiger partial charge in [-0.3, -0.25) is 0 Å². The number of rotatable bonds is 7. The SMILES string of the molecule is CN(C)CC1CC(n2cc(-c3cccc(OCc4ccccc4)c3)c3c(N)ncnc32)C1. The van der Waals surface area contributed by atoms with Crippen LogP contribution in [0.15, 0.2) is 67.1 Å². The van der Waals surface area contributed by atoms with Crippen LogP contribution in [0.25, 0.3) is 22.2 Å². The van der Waals surface area contributed by atoms with Crippen molar-refractivity contribution in [2.24, 2.45) is 5.92 Å². The number of benzene rings is 2. The van der Waals surface area contributed by atoms with Crippen molar-refractivity contribution < 1.29 is 4.74 Å². The second-order valence-electron chi connectivity index (χ2n) is 8.96. The fraction of sp³-hybridized carbons (Fsp3) is 0.308. The van der Waals surface area contributed by atoms with Gasteiger partial charge in [-0.25, -0.2) is 9.97 Å². The normalized spacial score (nSPS) is 18.1. The molecule has 0 aliphatic heterocycles. The summed E-state index contributed by atoms with van der Waals surface area (Å²) in [6.07, 6.45) is 6.08. The Bertz CT molecular complexity index is 1210. The fourth-order valence-electron chi connectivity index (χ4n) is 4.69. The zero-order chi connectivity index (χ0) is 22.1. The van der Waals surface area contributed by atoms with Gasteiger partial charge < -0.3 is 19.9 Å². The van der Waals surface area contributed by atoms with Crippen LogP contribution in [-0.2, 0) is 6.61 Å². The highest BCUT2D eigenvalue weighted by Crippen LogP contribution is 2.43. The van der Waals surface area contributed by atoms with Gasteiger partial charge in [0.25, 0.3) is 0 Å². The van der Waals surface area contributed by atoms with Gasteiger partial charge in [-0.2, -0.15) is 0 Å². The second kappa shape index (κ2) is 8.63. The molecule has 4 aromatic rings. The van der Waals surface area contributed by atoms with E-state index in [4.69, 9.17) is 10.5 Å². The number of fused-ring (bicyclic) bond motifs is 1. The van der Waals surface area contributed by atoms with Gasteiger partial charge in [0.1, 0.15) is 30.1 Å². The minimum Gasteiger partial charge on any atom is -0.489 e. The van der Waals surface area contributed by atoms with E-state index in [-0.39, 0.29) is 0 Å². The van der Waals surface area contributed by atoms with Crippen molar-refractivity contribution in [3.8, 4) is 16.9 Å². The molecule has 2 N–H and O–H groups in total. The molecule has 0 atom stereocenters. The molecule has 2 aromatic heterocycles. The summed E-state index contributed by atoms with van der Waals surface area (Å²) in [5.41, 5.74) is 10.5. The first kappa shape index (κ1) is 20.5. The lowest BCUT2D eigenvalue weighted by Gasteiger charge is -2.38. The smallest absolute Gasteiger partial charge is 0.146 e. The molecule has 0 bridgehead atoms. The molecule has 1 aliphatic carbocycles. The molecule has 0 unspecified atom stereocenters. The van der Waals surface area contributed by atoms with Crippen LogP contribution in [0, 0.1) is 5.92 Å². The van der Waals surface area contributed by atoms with Crippen LogP contribution in [0.2, 0.25) is 0 Å². The Labute approximate surface area is 188 Å². The Balaban J connectivity index is 1.44. The molecule has 32 heavy (non-hydrogen) atoms. The van der Waals surface area contributed by atoms with Gasteiger partial charge in [-0.1, -0.05) is 42.5 Å². The van der Waals surface area contributed by atoms with E-state index in [1.54, 1.807) is 6.33 Å². The summed E-state index contributed by atoms with van der Waals surface area (Å²) >= 11 is 0. The van der Waals surface area contributed by atoms with E-state index in [1.165, 1.54) is 0 Å². The molecular formula is C26H29N5O. The molecule has 1 saturated carbocycles. The highest BCUT2D eigenvalue weighted by molar-refractivity contribution is 6.00. The molecule has 6 nitrogen and oxygen atoms in total. The van der Waals surface area contributed by atoms with Gasteiger partial charge in [-0.15, -0.1) is 0 Å². The maximum Gasteiger partial charge on any atom is 0.146 e. The van der Waals surface area contributed by atoms with Crippen LogP contribution < -0.4 is 10.5 Å². The maximum atomic E-state index is 6.33. The summed E-state index contributed by atoms with van der Waals surface area (Å²) in [5.74, 6) is 2.07. The number of hydrogen-bond donors (Lipinski definition) is 1. The highest BCUT2D eigenvalue weighted by Gasteiger charge is 2.32. The van der Waals surface area contributed by atoms with Crippen molar-refractivity contribution in [1.29, 1.82) is 0 Å². The quantitative estimate of drug-likeness (QED) is 0.460. The highest BCUT2D eigenvalue weighted by atomic mass is 16.5. The maximum absolute atomic E-state index is 6.33. The largest absolute Gasteiger partial charge is 0.489 e. The third-order valence-electron chi connectivity index (χ3n) is 6.26. The Hall–Kier alpha value is -3.38. The minimum absolute atomic E-state index is 0.447. The molecule has 1 aliphatic rings. The molecule has 164 valence electrons. The van der Waals surface area contributed by atoms with Gasteiger partial charge in [0.2, 0.25) is 0 Å². The first-order valence-electron chi connectivity index (χ1n) is 11.1. The Morgan fingerprint density at radius 2 is 1.88 bits per heavy atom. The lowest BCUT2D eigenvalue weighted by atomic mass is 9.80. The van der Waals surface area contributed by atoms with Crippen LogP contribution in [-0.4, -0.2) is 40.1 Å². The fourth-order valence-corrected chi connectivity index (χ4v) is 4.69. The van der Waals surface area contributed by atoms with Gasteiger partial charge in [0, 0.05) is 24.3 Å². The van der Waals surface area contributed by atoms with E-state index in [1.807, 2.05) is 30.3 Å². The van der Waals surface area contributed by atoms with E-state index >= 15 is 0 Å². The number of anilines is 1. The molecule has 2 aromatic carbocycles. The molecule has 0 radical (unpaired) electrons. The predicted molar refractivity (Wildman–Crippen MR) is 128 cm³/mol. The van der Waals surface area contributed by atoms with Crippen LogP contribution in [0.3, 0.4) is 0 Å². The van der Waals surface area contributed by atoms with E-state index in [0.29, 0.717) is 18.5 Å². The van der Waals surface area contributed by atoms with Gasteiger partial charge in [-0.05, 0) is 56.1 Å². The van der Waals surface area contributed by atoms with E-state index in [2.05, 4.69) is 64.0 Å². The Morgan fingerprint density at radius 3 is 2.66 bits per heavy atom. The standard InChI is InChI=1S/C26H29N5O/c1-30(2)14-19-11-21(12-19)31-15-23(24-25(27)28-17-29-26(24)31)20-9-6-10-22(13-20)32-16-18-7-4-3-5-8-18/h3-10,13,15,17,19,21H,11-12,14,16H2,1-2H3,(H2,27,28,29). The van der Waals surface area contributed by atoms with Gasteiger partial charge >= 0.3 is 0 Å². The molecule has 2 heterocycles. The van der Waals surface area contributed by atoms with Crippen LogP contribution >= 0.6 is 0 Å². The van der Waals surface area contributed by atoms with E-state index in [0.717, 1.165) is 58.8 Å². The average Bonchev–Trinajstić information content (AvgIpc) is 3.16. The molecule has 5 rings (SSSR count). The van der Waals surface area contributed by atoms with Crippen molar-refractivity contribution in [2.75, 3.05) is 26.4 Å². The zero-order valence-corrected chi connectivity index (χ0v) is 18.6. The molecule has 0 spiro atoms. The summed E-state index contributed by atoms with van der Waals surface area (Å²) in [4.78, 5) is 11.1. The summed E-state index contributed by atoms with van der Waals surface area (Å²) in [5, 5.41) is 0.920. The van der Waals surface area contributed by atoms with Crippen LogP contribution in [0.4, 0.5) is 5.82 Å². The predicted octanol–water partition coefficient (Wildman–Crippen LogP) is 4.77. The van der Waals surface area contributed by atoms with Crippen LogP contribution in [0.5, 0.6) is 5.75 Å². The molecule has 1 fully saturated rings. The number of aromatic nitrogens is 3. The van der Waals surface area contributed by atoms with Gasteiger partial charge in [0.15, 0.2) is 0 Å². The molecule has 0 saturated heterocycles. The van der Waals surface area contributed by atoms with Crippen molar-refractivity contribution in [3.05, 3.63) is 72.7 Å². The molecule has 6 heteroatoms. The van der Waals surface area contributed by atoms with Crippen LogP contribution in [0.1, 0.15) is 24.4 Å². The lowest BCUT2D eigenvalue weighted by Crippen LogP contribution is -2.33. The molecular weight excluding hydrogens is 398 g/mol. The van der Waals surface area contributed by atoms with Crippen molar-refractivity contribution in [2.45, 2.75) is 25.5 Å². The number of nitrogens with zero attached hydrogens (tertiary/aromatic N) is 4. The van der Waals surface area contributed by atoms with Crippen molar-refractivity contribution in [3.63, 3.8) is 0 Å². The van der Waals surface area contributed by atoms with Crippen molar-refractivity contribution >= 4 is 16.9 Å². The Morgan fingerprint density at radius 1 is 1.06 bits per heavy atom. The summed E-state index contributed by atoms with van der Waals surface area (Å²) in [7, 11) is 4.27. The zero-order valence-electron chi connectivity index (χ0n) is 18.6. The molecule has 0 amide bonds. The topological polar surface area (TPSA) is 69.2 Å². The summed E-state index contributed by atoms with van der Waals surface area (Å²) in [6.45, 7) is 1.66. The Kier molecular flexibility index (Phi) is 5.53. The number of hydrogen-bond acceptors (Lipinski definition) is 5. The lowest BCUT2D eigenvalue weighted by molar-refractivity contribution is 0.159.